The van der Waals surface area contributed by atoms with Crippen molar-refractivity contribution in [2.45, 2.75) is 13.5 Å². The molecule has 0 saturated heterocycles. The number of nitrogens with one attached hydrogen (secondary N) is 1. The van der Waals surface area contributed by atoms with E-state index in [1.54, 1.807) is 0 Å². The van der Waals surface area contributed by atoms with Crippen molar-refractivity contribution in [3.8, 4) is 10.6 Å². The second kappa shape index (κ2) is 4.02. The van der Waals surface area contributed by atoms with E-state index in [4.69, 9.17) is 5.73 Å². The Morgan fingerprint density at radius 1 is 1.18 bits per heavy atom. The molecular formula is C14H14N2S. The fraction of sp³-hybridized carbons (Fsp3) is 0.143. The molecule has 0 radical (unpaired) electrons. The Bertz CT molecular complexity index is 664. The molecule has 3 N–H and O–H groups in total. The van der Waals surface area contributed by atoms with E-state index >= 15 is 0 Å². The minimum Gasteiger partial charge on any atom is -0.354 e. The minimum atomic E-state index is 0.592. The summed E-state index contributed by atoms with van der Waals surface area (Å²) >= 11 is 1.81. The lowest BCUT2D eigenvalue weighted by molar-refractivity contribution is 1.08. The fourth-order valence-corrected chi connectivity index (χ4v) is 2.86. The lowest BCUT2D eigenvalue weighted by atomic mass is 10.1. The van der Waals surface area contributed by atoms with Gasteiger partial charge in [0.1, 0.15) is 0 Å². The SMILES string of the molecule is Cc1ccc(-c2cc3cc(CN)ccc3[nH]2)s1. The topological polar surface area (TPSA) is 41.8 Å². The summed E-state index contributed by atoms with van der Waals surface area (Å²) in [5.41, 5.74) is 9.18. The molecule has 0 fully saturated rings. The molecule has 17 heavy (non-hydrogen) atoms. The number of thiophene rings is 1. The first-order valence-electron chi connectivity index (χ1n) is 5.65. The van der Waals surface area contributed by atoms with Crippen LogP contribution in [0.4, 0.5) is 0 Å². The zero-order valence-electron chi connectivity index (χ0n) is 9.66. The first-order valence-corrected chi connectivity index (χ1v) is 6.46. The highest BCUT2D eigenvalue weighted by Gasteiger charge is 2.05. The number of aromatic nitrogens is 1. The normalized spacial score (nSPS) is 11.2. The van der Waals surface area contributed by atoms with Crippen LogP contribution in [0.3, 0.4) is 0 Å². The number of hydrogen-bond acceptors (Lipinski definition) is 2. The standard InChI is InChI=1S/C14H14N2S/c1-9-2-5-14(17-9)13-7-11-6-10(8-15)3-4-12(11)16-13/h2-7,16H,8,15H2,1H3. The summed E-state index contributed by atoms with van der Waals surface area (Å²) in [6.45, 7) is 2.72. The predicted octanol–water partition coefficient (Wildman–Crippen LogP) is 3.66. The van der Waals surface area contributed by atoms with Gasteiger partial charge >= 0.3 is 0 Å². The van der Waals surface area contributed by atoms with Crippen LogP contribution in [0.1, 0.15) is 10.4 Å². The van der Waals surface area contributed by atoms with Crippen LogP contribution in [0.25, 0.3) is 21.5 Å². The van der Waals surface area contributed by atoms with E-state index in [1.165, 1.54) is 31.9 Å². The Hall–Kier alpha value is -1.58. The maximum absolute atomic E-state index is 5.65. The van der Waals surface area contributed by atoms with E-state index in [0.717, 1.165) is 0 Å². The molecule has 0 aliphatic heterocycles. The number of H-pyrrole nitrogens is 1. The Labute approximate surface area is 104 Å². The van der Waals surface area contributed by atoms with Crippen LogP contribution in [-0.4, -0.2) is 4.98 Å². The Balaban J connectivity index is 2.13. The van der Waals surface area contributed by atoms with Gasteiger partial charge in [0.15, 0.2) is 0 Å². The maximum Gasteiger partial charge on any atom is 0.0566 e. The molecule has 0 saturated carbocycles. The van der Waals surface area contributed by atoms with E-state index < -0.39 is 0 Å². The summed E-state index contributed by atoms with van der Waals surface area (Å²) in [5.74, 6) is 0. The van der Waals surface area contributed by atoms with Crippen molar-refractivity contribution in [1.82, 2.24) is 4.98 Å². The van der Waals surface area contributed by atoms with Gasteiger partial charge in [0.25, 0.3) is 0 Å². The smallest absolute Gasteiger partial charge is 0.0566 e. The molecule has 0 amide bonds. The van der Waals surface area contributed by atoms with E-state index in [2.05, 4.69) is 48.3 Å². The van der Waals surface area contributed by atoms with Crippen molar-refractivity contribution in [2.75, 3.05) is 0 Å². The Morgan fingerprint density at radius 3 is 2.76 bits per heavy atom. The second-order valence-corrected chi connectivity index (χ2v) is 5.51. The molecule has 0 bridgehead atoms. The molecule has 0 aliphatic carbocycles. The molecule has 3 rings (SSSR count). The third-order valence-electron chi connectivity index (χ3n) is 2.93. The van der Waals surface area contributed by atoms with E-state index in [0.29, 0.717) is 6.54 Å². The lowest BCUT2D eigenvalue weighted by Crippen LogP contribution is -1.94. The van der Waals surface area contributed by atoms with Gasteiger partial charge in [-0.05, 0) is 42.8 Å². The van der Waals surface area contributed by atoms with Crippen molar-refractivity contribution in [3.63, 3.8) is 0 Å². The fourth-order valence-electron chi connectivity index (χ4n) is 2.02. The highest BCUT2D eigenvalue weighted by Crippen LogP contribution is 2.30. The zero-order chi connectivity index (χ0) is 11.8. The van der Waals surface area contributed by atoms with E-state index in [1.807, 2.05) is 11.3 Å². The summed E-state index contributed by atoms with van der Waals surface area (Å²) in [7, 11) is 0. The van der Waals surface area contributed by atoms with Crippen LogP contribution in [0, 0.1) is 6.92 Å². The summed E-state index contributed by atoms with van der Waals surface area (Å²) in [5, 5.41) is 1.23. The summed E-state index contributed by atoms with van der Waals surface area (Å²) < 4.78 is 0. The van der Waals surface area contributed by atoms with Crippen LogP contribution in [-0.2, 0) is 6.54 Å². The zero-order valence-corrected chi connectivity index (χ0v) is 10.5. The number of fused-ring (bicyclic) bond motifs is 1. The van der Waals surface area contributed by atoms with Gasteiger partial charge in [-0.15, -0.1) is 11.3 Å². The van der Waals surface area contributed by atoms with Gasteiger partial charge in [0.05, 0.1) is 10.6 Å². The van der Waals surface area contributed by atoms with Gasteiger partial charge in [-0.1, -0.05) is 6.07 Å². The summed E-state index contributed by atoms with van der Waals surface area (Å²) in [4.78, 5) is 6.07. The first kappa shape index (κ1) is 10.6. The molecule has 0 atom stereocenters. The second-order valence-electron chi connectivity index (χ2n) is 4.22. The van der Waals surface area contributed by atoms with E-state index in [9.17, 15) is 0 Å². The average molecular weight is 242 g/mol. The number of benzene rings is 1. The van der Waals surface area contributed by atoms with Gasteiger partial charge in [0, 0.05) is 22.3 Å². The van der Waals surface area contributed by atoms with Gasteiger partial charge in [-0.2, -0.15) is 0 Å². The Kier molecular flexibility index (Phi) is 2.50. The molecular weight excluding hydrogens is 228 g/mol. The molecule has 0 spiro atoms. The number of hydrogen-bond donors (Lipinski definition) is 2. The molecule has 2 aromatic heterocycles. The molecule has 0 unspecified atom stereocenters. The molecule has 0 aliphatic rings. The number of rotatable bonds is 2. The average Bonchev–Trinajstić information content (AvgIpc) is 2.93. The molecule has 2 heterocycles. The summed E-state index contributed by atoms with van der Waals surface area (Å²) in [6.07, 6.45) is 0. The summed E-state index contributed by atoms with van der Waals surface area (Å²) in [6, 6.07) is 12.8. The van der Waals surface area contributed by atoms with Gasteiger partial charge in [0.2, 0.25) is 0 Å². The number of aromatic amines is 1. The Morgan fingerprint density at radius 2 is 2.06 bits per heavy atom. The molecule has 1 aromatic carbocycles. The monoisotopic (exact) mass is 242 g/mol. The highest BCUT2D eigenvalue weighted by molar-refractivity contribution is 7.15. The maximum atomic E-state index is 5.65. The minimum absolute atomic E-state index is 0.592. The molecule has 86 valence electrons. The van der Waals surface area contributed by atoms with Gasteiger partial charge in [-0.25, -0.2) is 0 Å². The number of nitrogens with two attached hydrogens (primary N) is 1. The van der Waals surface area contributed by atoms with Crippen molar-refractivity contribution < 1.29 is 0 Å². The largest absolute Gasteiger partial charge is 0.354 e. The third kappa shape index (κ3) is 1.88. The molecule has 3 heteroatoms. The highest BCUT2D eigenvalue weighted by atomic mass is 32.1. The van der Waals surface area contributed by atoms with Gasteiger partial charge in [-0.3, -0.25) is 0 Å². The predicted molar refractivity (Wildman–Crippen MR) is 74.2 cm³/mol. The number of aryl methyl sites for hydroxylation is 1. The first-order chi connectivity index (χ1) is 8.26. The van der Waals surface area contributed by atoms with Crippen molar-refractivity contribution in [2.24, 2.45) is 5.73 Å². The molecule has 3 aromatic rings. The van der Waals surface area contributed by atoms with Crippen LogP contribution >= 0.6 is 11.3 Å². The molecule has 2 nitrogen and oxygen atoms in total. The van der Waals surface area contributed by atoms with E-state index in [-0.39, 0.29) is 0 Å². The quantitative estimate of drug-likeness (QED) is 0.707. The van der Waals surface area contributed by atoms with Crippen LogP contribution in [0.15, 0.2) is 36.4 Å². The van der Waals surface area contributed by atoms with Gasteiger partial charge < -0.3 is 10.7 Å². The third-order valence-corrected chi connectivity index (χ3v) is 3.96. The van der Waals surface area contributed by atoms with Crippen LogP contribution in [0.2, 0.25) is 0 Å². The van der Waals surface area contributed by atoms with Crippen LogP contribution in [0.5, 0.6) is 0 Å². The van der Waals surface area contributed by atoms with Crippen molar-refractivity contribution >= 4 is 22.2 Å². The van der Waals surface area contributed by atoms with Crippen LogP contribution < -0.4 is 5.73 Å². The van der Waals surface area contributed by atoms with Crippen molar-refractivity contribution in [1.29, 1.82) is 0 Å². The lowest BCUT2D eigenvalue weighted by Gasteiger charge is -1.94. The van der Waals surface area contributed by atoms with Crippen molar-refractivity contribution in [3.05, 3.63) is 46.8 Å².